The van der Waals surface area contributed by atoms with Crippen LogP contribution in [0.3, 0.4) is 0 Å². The zero-order valence-corrected chi connectivity index (χ0v) is 13.2. The molecule has 2 N–H and O–H groups in total. The molecule has 0 atom stereocenters. The van der Waals surface area contributed by atoms with Crippen LogP contribution in [0.2, 0.25) is 0 Å². The van der Waals surface area contributed by atoms with Gasteiger partial charge < -0.3 is 14.8 Å². The molecule has 1 aliphatic rings. The Bertz CT molecular complexity index is 766. The van der Waals surface area contributed by atoms with Gasteiger partial charge in [0.15, 0.2) is 11.5 Å². The van der Waals surface area contributed by atoms with Gasteiger partial charge in [-0.2, -0.15) is 0 Å². The predicted octanol–water partition coefficient (Wildman–Crippen LogP) is 1.24. The van der Waals surface area contributed by atoms with Crippen molar-refractivity contribution in [3.63, 3.8) is 0 Å². The number of rotatable bonds is 6. The maximum absolute atomic E-state index is 12.3. The van der Waals surface area contributed by atoms with Gasteiger partial charge in [0.25, 0.3) is 0 Å². The van der Waals surface area contributed by atoms with E-state index in [-0.39, 0.29) is 11.4 Å². The van der Waals surface area contributed by atoms with Crippen molar-refractivity contribution >= 4 is 15.8 Å². The first-order valence-electron chi connectivity index (χ1n) is 7.19. The summed E-state index contributed by atoms with van der Waals surface area (Å²) in [5.74, 6) is 1.71. The van der Waals surface area contributed by atoms with E-state index in [1.165, 1.54) is 12.1 Å². The molecule has 0 bridgehead atoms. The van der Waals surface area contributed by atoms with Crippen molar-refractivity contribution in [2.75, 3.05) is 31.6 Å². The lowest BCUT2D eigenvalue weighted by Crippen LogP contribution is -2.29. The van der Waals surface area contributed by atoms with Crippen molar-refractivity contribution in [1.82, 2.24) is 9.71 Å². The highest BCUT2D eigenvalue weighted by molar-refractivity contribution is 7.89. The van der Waals surface area contributed by atoms with Crippen molar-refractivity contribution in [2.24, 2.45) is 0 Å². The lowest BCUT2D eigenvalue weighted by molar-refractivity contribution is 0.171. The van der Waals surface area contributed by atoms with Gasteiger partial charge in [0.05, 0.1) is 4.90 Å². The van der Waals surface area contributed by atoms with Crippen LogP contribution >= 0.6 is 0 Å². The fourth-order valence-corrected chi connectivity index (χ4v) is 3.16. The van der Waals surface area contributed by atoms with Crippen LogP contribution in [-0.2, 0) is 10.0 Å². The predicted molar refractivity (Wildman–Crippen MR) is 85.3 cm³/mol. The summed E-state index contributed by atoms with van der Waals surface area (Å²) in [5.41, 5.74) is 0. The second-order valence-electron chi connectivity index (χ2n) is 4.84. The molecule has 0 spiro atoms. The summed E-state index contributed by atoms with van der Waals surface area (Å²) in [6, 6.07) is 10.1. The van der Waals surface area contributed by atoms with Crippen molar-refractivity contribution in [2.45, 2.75) is 4.90 Å². The van der Waals surface area contributed by atoms with Crippen LogP contribution in [0, 0.1) is 0 Å². The zero-order chi connectivity index (χ0) is 16.1. The summed E-state index contributed by atoms with van der Waals surface area (Å²) in [4.78, 5) is 4.25. The number of hydrogen-bond donors (Lipinski definition) is 2. The third-order valence-corrected chi connectivity index (χ3v) is 4.67. The number of ether oxygens (including phenoxy) is 2. The quantitative estimate of drug-likeness (QED) is 0.772. The Kier molecular flexibility index (Phi) is 4.63. The molecule has 2 aromatic rings. The Hall–Kier alpha value is -2.32. The van der Waals surface area contributed by atoms with Crippen LogP contribution in [0.25, 0.3) is 0 Å². The lowest BCUT2D eigenvalue weighted by atomic mass is 10.3. The topological polar surface area (TPSA) is 89.6 Å². The van der Waals surface area contributed by atoms with Gasteiger partial charge in [0.2, 0.25) is 10.0 Å². The van der Waals surface area contributed by atoms with Crippen molar-refractivity contribution in [1.29, 1.82) is 0 Å². The molecular weight excluding hydrogens is 318 g/mol. The molecule has 0 radical (unpaired) electrons. The SMILES string of the molecule is O=S(=O)(NCCNc1ccccn1)c1ccc2c(c1)OCCO2. The van der Waals surface area contributed by atoms with Crippen LogP contribution in [0.5, 0.6) is 11.5 Å². The molecule has 1 aromatic carbocycles. The van der Waals surface area contributed by atoms with Gasteiger partial charge in [-0.3, -0.25) is 0 Å². The Balaban J connectivity index is 1.58. The highest BCUT2D eigenvalue weighted by Crippen LogP contribution is 2.32. The maximum atomic E-state index is 12.3. The summed E-state index contributed by atoms with van der Waals surface area (Å²) in [7, 11) is -3.59. The fraction of sp³-hybridized carbons (Fsp3) is 0.267. The Labute approximate surface area is 134 Å². The minimum Gasteiger partial charge on any atom is -0.486 e. The summed E-state index contributed by atoms with van der Waals surface area (Å²) in [6.45, 7) is 1.56. The van der Waals surface area contributed by atoms with Gasteiger partial charge in [-0.05, 0) is 24.3 Å². The number of pyridine rings is 1. The first kappa shape index (κ1) is 15.6. The largest absolute Gasteiger partial charge is 0.486 e. The third-order valence-electron chi connectivity index (χ3n) is 3.21. The van der Waals surface area contributed by atoms with E-state index in [0.717, 1.165) is 0 Å². The number of fused-ring (bicyclic) bond motifs is 1. The summed E-state index contributed by atoms with van der Waals surface area (Å²) in [5, 5.41) is 3.04. The molecule has 8 heteroatoms. The van der Waals surface area contributed by atoms with Crippen molar-refractivity contribution < 1.29 is 17.9 Å². The average molecular weight is 335 g/mol. The summed E-state index contributed by atoms with van der Waals surface area (Å²) in [6.07, 6.45) is 1.67. The molecule has 23 heavy (non-hydrogen) atoms. The minimum absolute atomic E-state index is 0.152. The third kappa shape index (κ3) is 3.91. The number of nitrogens with zero attached hydrogens (tertiary/aromatic N) is 1. The number of benzene rings is 1. The first-order chi connectivity index (χ1) is 11.1. The molecule has 0 aliphatic carbocycles. The maximum Gasteiger partial charge on any atom is 0.240 e. The first-order valence-corrected chi connectivity index (χ1v) is 8.68. The van der Waals surface area contributed by atoms with Crippen LogP contribution in [0.1, 0.15) is 0 Å². The normalized spacial score (nSPS) is 13.6. The van der Waals surface area contributed by atoms with E-state index in [2.05, 4.69) is 15.0 Å². The van der Waals surface area contributed by atoms with Crippen LogP contribution < -0.4 is 19.5 Å². The summed E-state index contributed by atoms with van der Waals surface area (Å²) >= 11 is 0. The molecule has 7 nitrogen and oxygen atoms in total. The van der Waals surface area contributed by atoms with Crippen LogP contribution in [0.4, 0.5) is 5.82 Å². The van der Waals surface area contributed by atoms with E-state index in [1.54, 1.807) is 12.3 Å². The Morgan fingerprint density at radius 2 is 1.87 bits per heavy atom. The Morgan fingerprint density at radius 1 is 1.04 bits per heavy atom. The average Bonchev–Trinajstić information content (AvgIpc) is 2.59. The molecule has 122 valence electrons. The molecular formula is C15H17N3O4S. The van der Waals surface area contributed by atoms with Crippen LogP contribution in [-0.4, -0.2) is 39.7 Å². The Morgan fingerprint density at radius 3 is 2.65 bits per heavy atom. The number of nitrogens with one attached hydrogen (secondary N) is 2. The minimum atomic E-state index is -3.59. The van der Waals surface area contributed by atoms with E-state index in [4.69, 9.17) is 9.47 Å². The molecule has 0 amide bonds. The number of sulfonamides is 1. The highest BCUT2D eigenvalue weighted by atomic mass is 32.2. The zero-order valence-electron chi connectivity index (χ0n) is 12.4. The van der Waals surface area contributed by atoms with E-state index in [0.29, 0.717) is 37.1 Å². The van der Waals surface area contributed by atoms with Gasteiger partial charge in [0.1, 0.15) is 19.0 Å². The smallest absolute Gasteiger partial charge is 0.240 e. The van der Waals surface area contributed by atoms with Gasteiger partial charge in [-0.15, -0.1) is 0 Å². The molecule has 0 saturated heterocycles. The van der Waals surface area contributed by atoms with Gasteiger partial charge in [-0.1, -0.05) is 6.07 Å². The van der Waals surface area contributed by atoms with E-state index < -0.39 is 10.0 Å². The standard InChI is InChI=1S/C15H17N3O4S/c19-23(20,18-8-7-17-15-3-1-2-6-16-15)12-4-5-13-14(11-12)22-10-9-21-13/h1-6,11,18H,7-10H2,(H,16,17). The van der Waals surface area contributed by atoms with E-state index in [9.17, 15) is 8.42 Å². The van der Waals surface area contributed by atoms with E-state index >= 15 is 0 Å². The number of anilines is 1. The molecule has 1 aromatic heterocycles. The van der Waals surface area contributed by atoms with Gasteiger partial charge in [0, 0.05) is 25.4 Å². The van der Waals surface area contributed by atoms with Crippen LogP contribution in [0.15, 0.2) is 47.5 Å². The molecule has 0 fully saturated rings. The monoisotopic (exact) mass is 335 g/mol. The van der Waals surface area contributed by atoms with E-state index in [1.807, 2.05) is 18.2 Å². The fourth-order valence-electron chi connectivity index (χ4n) is 2.12. The highest BCUT2D eigenvalue weighted by Gasteiger charge is 2.18. The lowest BCUT2D eigenvalue weighted by Gasteiger charge is -2.19. The molecule has 0 unspecified atom stereocenters. The molecule has 1 aliphatic heterocycles. The second kappa shape index (κ2) is 6.84. The molecule has 3 rings (SSSR count). The molecule has 2 heterocycles. The second-order valence-corrected chi connectivity index (χ2v) is 6.61. The van der Waals surface area contributed by atoms with Crippen molar-refractivity contribution in [3.8, 4) is 11.5 Å². The molecule has 0 saturated carbocycles. The van der Waals surface area contributed by atoms with Gasteiger partial charge in [-0.25, -0.2) is 18.1 Å². The van der Waals surface area contributed by atoms with Crippen molar-refractivity contribution in [3.05, 3.63) is 42.6 Å². The summed E-state index contributed by atoms with van der Waals surface area (Å²) < 4.78 is 37.9. The number of aromatic nitrogens is 1. The number of hydrogen-bond acceptors (Lipinski definition) is 6. The van der Waals surface area contributed by atoms with Gasteiger partial charge >= 0.3 is 0 Å².